The van der Waals surface area contributed by atoms with Gasteiger partial charge >= 0.3 is 6.36 Å². The zero-order valence-electron chi connectivity index (χ0n) is 11.8. The monoisotopic (exact) mass is 323 g/mol. The first-order valence-corrected chi connectivity index (χ1v) is 7.27. The predicted molar refractivity (Wildman–Crippen MR) is 73.3 cm³/mol. The number of hydrogen-bond donors (Lipinski definition) is 0. The highest BCUT2D eigenvalue weighted by molar-refractivity contribution is 6.22. The molecule has 1 aromatic carbocycles. The smallest absolute Gasteiger partial charge is 0.406 e. The van der Waals surface area contributed by atoms with E-state index in [9.17, 15) is 22.8 Å². The van der Waals surface area contributed by atoms with Crippen LogP contribution in [-0.4, -0.2) is 18.2 Å². The van der Waals surface area contributed by atoms with Crippen molar-refractivity contribution in [3.63, 3.8) is 0 Å². The van der Waals surface area contributed by atoms with Crippen LogP contribution in [0, 0.1) is 23.7 Å². The summed E-state index contributed by atoms with van der Waals surface area (Å²) in [7, 11) is 0. The van der Waals surface area contributed by atoms with Gasteiger partial charge in [0.1, 0.15) is 5.75 Å². The first kappa shape index (κ1) is 14.3. The predicted octanol–water partition coefficient (Wildman–Crippen LogP) is 2.90. The summed E-state index contributed by atoms with van der Waals surface area (Å²) in [5, 5.41) is 0. The molecule has 0 aromatic heterocycles. The Bertz CT molecular complexity index is 698. The van der Waals surface area contributed by atoms with Crippen LogP contribution in [0.15, 0.2) is 36.4 Å². The van der Waals surface area contributed by atoms with Crippen molar-refractivity contribution in [2.24, 2.45) is 23.7 Å². The molecule has 4 rings (SSSR count). The van der Waals surface area contributed by atoms with Crippen molar-refractivity contribution in [1.82, 2.24) is 0 Å². The molecule has 2 aliphatic carbocycles. The van der Waals surface area contributed by atoms with Crippen molar-refractivity contribution in [3.8, 4) is 5.75 Å². The summed E-state index contributed by atoms with van der Waals surface area (Å²) in [6, 6.07) is 4.97. The molecular formula is C16H12F3NO3. The Balaban J connectivity index is 1.66. The molecule has 1 aromatic rings. The fraction of sp³-hybridized carbons (Fsp3) is 0.375. The van der Waals surface area contributed by atoms with Gasteiger partial charge in [-0.1, -0.05) is 18.2 Å². The first-order chi connectivity index (χ1) is 10.8. The molecular weight excluding hydrogens is 311 g/mol. The summed E-state index contributed by atoms with van der Waals surface area (Å²) >= 11 is 0. The van der Waals surface area contributed by atoms with Crippen molar-refractivity contribution in [1.29, 1.82) is 0 Å². The number of rotatable bonds is 2. The lowest BCUT2D eigenvalue weighted by Gasteiger charge is -2.18. The molecule has 2 bridgehead atoms. The van der Waals surface area contributed by atoms with Crippen LogP contribution in [0.2, 0.25) is 0 Å². The second kappa shape index (κ2) is 4.59. The lowest BCUT2D eigenvalue weighted by Crippen LogP contribution is -2.32. The van der Waals surface area contributed by atoms with Crippen LogP contribution >= 0.6 is 0 Å². The van der Waals surface area contributed by atoms with Crippen LogP contribution in [0.1, 0.15) is 6.42 Å². The molecule has 2 fully saturated rings. The van der Waals surface area contributed by atoms with Gasteiger partial charge in [0.05, 0.1) is 17.5 Å². The average Bonchev–Trinajstić information content (AvgIpc) is 3.11. The van der Waals surface area contributed by atoms with E-state index in [1.54, 1.807) is 0 Å². The van der Waals surface area contributed by atoms with Crippen molar-refractivity contribution >= 4 is 17.5 Å². The fourth-order valence-corrected chi connectivity index (χ4v) is 3.98. The molecule has 120 valence electrons. The number of ether oxygens (including phenoxy) is 1. The number of imide groups is 1. The number of halogens is 3. The van der Waals surface area contributed by atoms with Crippen molar-refractivity contribution in [2.45, 2.75) is 12.8 Å². The van der Waals surface area contributed by atoms with Gasteiger partial charge in [-0.05, 0) is 30.4 Å². The maximum absolute atomic E-state index is 12.6. The van der Waals surface area contributed by atoms with Gasteiger partial charge in [-0.15, -0.1) is 13.2 Å². The quantitative estimate of drug-likeness (QED) is 0.621. The molecule has 2 amide bonds. The number of carbonyl (C=O) groups is 2. The minimum atomic E-state index is -4.82. The SMILES string of the molecule is O=C1[C@@H]2[C@H](C(=O)N1c1cccc(OC(F)(F)F)c1)[C@H]1C=C[C@H]2C1. The van der Waals surface area contributed by atoms with E-state index in [0.29, 0.717) is 0 Å². The minimum Gasteiger partial charge on any atom is -0.406 e. The average molecular weight is 323 g/mol. The molecule has 1 saturated carbocycles. The normalized spacial score (nSPS) is 31.9. The topological polar surface area (TPSA) is 46.6 Å². The van der Waals surface area contributed by atoms with E-state index in [2.05, 4.69) is 4.74 Å². The highest BCUT2D eigenvalue weighted by Gasteiger charge is 2.59. The van der Waals surface area contributed by atoms with Crippen molar-refractivity contribution in [3.05, 3.63) is 36.4 Å². The Labute approximate surface area is 129 Å². The van der Waals surface area contributed by atoms with Gasteiger partial charge in [-0.2, -0.15) is 0 Å². The molecule has 0 spiro atoms. The Kier molecular flexibility index (Phi) is 2.86. The van der Waals surface area contributed by atoms with Crippen molar-refractivity contribution < 1.29 is 27.5 Å². The number of allylic oxidation sites excluding steroid dienone is 2. The number of fused-ring (bicyclic) bond motifs is 5. The lowest BCUT2D eigenvalue weighted by atomic mass is 9.85. The first-order valence-electron chi connectivity index (χ1n) is 7.27. The van der Waals surface area contributed by atoms with Crippen LogP contribution in [0.25, 0.3) is 0 Å². The van der Waals surface area contributed by atoms with Gasteiger partial charge in [-0.3, -0.25) is 9.59 Å². The minimum absolute atomic E-state index is 0.0565. The molecule has 23 heavy (non-hydrogen) atoms. The molecule has 1 aliphatic heterocycles. The summed E-state index contributed by atoms with van der Waals surface area (Å²) in [5.41, 5.74) is 0.121. The number of nitrogens with zero attached hydrogens (tertiary/aromatic N) is 1. The molecule has 3 aliphatic rings. The maximum Gasteiger partial charge on any atom is 0.573 e. The van der Waals surface area contributed by atoms with Gasteiger partial charge < -0.3 is 4.74 Å². The standard InChI is InChI=1S/C16H12F3NO3/c17-16(18,19)23-11-3-1-2-10(7-11)20-14(21)12-8-4-5-9(6-8)13(12)15(20)22/h1-5,7-9,12-13H,6H2/t8-,9-,12-,13+/m0/s1. The van der Waals surface area contributed by atoms with Crippen LogP contribution in [0.4, 0.5) is 18.9 Å². The van der Waals surface area contributed by atoms with Crippen LogP contribution in [-0.2, 0) is 9.59 Å². The Morgan fingerprint density at radius 3 is 2.22 bits per heavy atom. The second-order valence-corrected chi connectivity index (χ2v) is 6.06. The van der Waals surface area contributed by atoms with E-state index in [-0.39, 0.29) is 41.2 Å². The van der Waals surface area contributed by atoms with Crippen LogP contribution in [0.3, 0.4) is 0 Å². The zero-order valence-corrected chi connectivity index (χ0v) is 11.8. The molecule has 1 heterocycles. The zero-order chi connectivity index (χ0) is 16.4. The van der Waals surface area contributed by atoms with Crippen LogP contribution in [0.5, 0.6) is 5.75 Å². The van der Waals surface area contributed by atoms with E-state index in [1.165, 1.54) is 12.1 Å². The summed E-state index contributed by atoms with van der Waals surface area (Å²) in [6.45, 7) is 0. The molecule has 0 unspecified atom stereocenters. The van der Waals surface area contributed by atoms with Gasteiger partial charge in [0.15, 0.2) is 0 Å². The number of alkyl halides is 3. The molecule has 7 heteroatoms. The number of anilines is 1. The molecule has 4 nitrogen and oxygen atoms in total. The van der Waals surface area contributed by atoms with E-state index in [4.69, 9.17) is 0 Å². The highest BCUT2D eigenvalue weighted by atomic mass is 19.4. The third kappa shape index (κ3) is 2.14. The molecule has 1 saturated heterocycles. The number of benzene rings is 1. The summed E-state index contributed by atoms with van der Waals surface area (Å²) in [4.78, 5) is 26.2. The maximum atomic E-state index is 12.6. The van der Waals surface area contributed by atoms with Crippen LogP contribution < -0.4 is 9.64 Å². The Hall–Kier alpha value is -2.31. The van der Waals surface area contributed by atoms with Gasteiger partial charge in [0, 0.05) is 6.07 Å². The number of hydrogen-bond acceptors (Lipinski definition) is 3. The Morgan fingerprint density at radius 2 is 1.65 bits per heavy atom. The molecule has 0 radical (unpaired) electrons. The Morgan fingerprint density at radius 1 is 1.04 bits per heavy atom. The van der Waals surface area contributed by atoms with Gasteiger partial charge in [-0.25, -0.2) is 4.90 Å². The second-order valence-electron chi connectivity index (χ2n) is 6.06. The highest BCUT2D eigenvalue weighted by Crippen LogP contribution is 2.53. The lowest BCUT2D eigenvalue weighted by molar-refractivity contribution is -0.274. The summed E-state index contributed by atoms with van der Waals surface area (Å²) in [6.07, 6.45) is -0.0948. The third-order valence-electron chi connectivity index (χ3n) is 4.78. The summed E-state index contributed by atoms with van der Waals surface area (Å²) < 4.78 is 40.8. The van der Waals surface area contributed by atoms with Crippen molar-refractivity contribution in [2.75, 3.05) is 4.90 Å². The van der Waals surface area contributed by atoms with E-state index < -0.39 is 12.1 Å². The summed E-state index contributed by atoms with van der Waals surface area (Å²) in [5.74, 6) is -1.77. The third-order valence-corrected chi connectivity index (χ3v) is 4.78. The van der Waals surface area contributed by atoms with E-state index >= 15 is 0 Å². The van der Waals surface area contributed by atoms with Gasteiger partial charge in [0.25, 0.3) is 0 Å². The fourth-order valence-electron chi connectivity index (χ4n) is 3.98. The largest absolute Gasteiger partial charge is 0.573 e. The number of amides is 2. The molecule has 4 atom stereocenters. The number of carbonyl (C=O) groups excluding carboxylic acids is 2. The van der Waals surface area contributed by atoms with Gasteiger partial charge in [0.2, 0.25) is 11.8 Å². The molecule has 0 N–H and O–H groups in total. The van der Waals surface area contributed by atoms with E-state index in [1.807, 2.05) is 12.2 Å². The van der Waals surface area contributed by atoms with E-state index in [0.717, 1.165) is 23.5 Å².